The number of alkyl halides is 2. The second-order valence-corrected chi connectivity index (χ2v) is 6.96. The van der Waals surface area contributed by atoms with Crippen molar-refractivity contribution in [3.8, 4) is 17.2 Å². The van der Waals surface area contributed by atoms with Crippen LogP contribution in [0.15, 0.2) is 41.5 Å². The van der Waals surface area contributed by atoms with E-state index in [0.717, 1.165) is 24.3 Å². The minimum absolute atomic E-state index is 0. The molecular weight excluding hydrogens is 549 g/mol. The van der Waals surface area contributed by atoms with Crippen molar-refractivity contribution in [3.05, 3.63) is 47.9 Å². The van der Waals surface area contributed by atoms with Gasteiger partial charge in [-0.25, -0.2) is 4.99 Å². The Morgan fingerprint density at radius 3 is 2.82 bits per heavy atom. The lowest BCUT2D eigenvalue weighted by atomic mass is 10.1. The summed E-state index contributed by atoms with van der Waals surface area (Å²) in [4.78, 5) is 4.50. The molecule has 3 heterocycles. The lowest BCUT2D eigenvalue weighted by molar-refractivity contribution is -0.0505. The van der Waals surface area contributed by atoms with Gasteiger partial charge in [-0.2, -0.15) is 8.78 Å². The molecule has 0 fully saturated rings. The van der Waals surface area contributed by atoms with Gasteiger partial charge < -0.3 is 24.8 Å². The first-order valence-corrected chi connectivity index (χ1v) is 10.3. The minimum atomic E-state index is -2.95. The van der Waals surface area contributed by atoms with Crippen LogP contribution in [-0.4, -0.2) is 47.1 Å². The van der Waals surface area contributed by atoms with Crippen LogP contribution < -0.4 is 24.8 Å². The summed E-state index contributed by atoms with van der Waals surface area (Å²) in [6.07, 6.45) is 3.49. The Morgan fingerprint density at radius 1 is 1.21 bits per heavy atom. The van der Waals surface area contributed by atoms with Gasteiger partial charge in [0.2, 0.25) is 6.79 Å². The number of aryl methyl sites for hydroxylation is 1. The molecule has 9 nitrogen and oxygen atoms in total. The fourth-order valence-corrected chi connectivity index (χ4v) is 3.32. The number of aliphatic imine (C=N–C) groups is 1. The fourth-order valence-electron chi connectivity index (χ4n) is 3.32. The summed E-state index contributed by atoms with van der Waals surface area (Å²) >= 11 is 0. The SMILES string of the molecule is CCNC(=NCc1cc2c(cc1OC(F)F)OCO2)NCCCc1nnc2ccccn12.I. The molecule has 33 heavy (non-hydrogen) atoms. The average Bonchev–Trinajstić information content (AvgIpc) is 3.41. The van der Waals surface area contributed by atoms with Crippen LogP contribution in [0.4, 0.5) is 8.78 Å². The van der Waals surface area contributed by atoms with Crippen LogP contribution in [0, 0.1) is 0 Å². The molecule has 0 spiro atoms. The smallest absolute Gasteiger partial charge is 0.387 e. The van der Waals surface area contributed by atoms with Crippen LogP contribution >= 0.6 is 24.0 Å². The summed E-state index contributed by atoms with van der Waals surface area (Å²) in [6.45, 7) is 0.477. The molecule has 4 rings (SSSR count). The number of pyridine rings is 1. The first kappa shape index (κ1) is 24.7. The Hall–Kier alpha value is -2.90. The molecule has 12 heteroatoms. The van der Waals surface area contributed by atoms with E-state index >= 15 is 0 Å². The van der Waals surface area contributed by atoms with Crippen molar-refractivity contribution in [1.82, 2.24) is 25.2 Å². The van der Waals surface area contributed by atoms with E-state index in [0.29, 0.717) is 36.1 Å². The number of aromatic nitrogens is 3. The third-order valence-corrected chi connectivity index (χ3v) is 4.78. The van der Waals surface area contributed by atoms with Crippen molar-refractivity contribution in [3.63, 3.8) is 0 Å². The van der Waals surface area contributed by atoms with Crippen LogP contribution in [-0.2, 0) is 13.0 Å². The number of fused-ring (bicyclic) bond motifs is 2. The molecule has 2 N–H and O–H groups in total. The van der Waals surface area contributed by atoms with Gasteiger partial charge in [0, 0.05) is 37.3 Å². The summed E-state index contributed by atoms with van der Waals surface area (Å²) in [6, 6.07) is 8.79. The molecule has 0 bridgehead atoms. The maximum Gasteiger partial charge on any atom is 0.387 e. The number of nitrogens with one attached hydrogen (secondary N) is 2. The summed E-state index contributed by atoms with van der Waals surface area (Å²) in [5.41, 5.74) is 1.29. The number of hydrogen-bond acceptors (Lipinski definition) is 6. The summed E-state index contributed by atoms with van der Waals surface area (Å²) in [5.74, 6) is 2.33. The largest absolute Gasteiger partial charge is 0.454 e. The van der Waals surface area contributed by atoms with E-state index in [-0.39, 0.29) is 43.1 Å². The lowest BCUT2D eigenvalue weighted by Crippen LogP contribution is -2.37. The molecule has 1 aliphatic rings. The van der Waals surface area contributed by atoms with Gasteiger partial charge in [-0.3, -0.25) is 4.40 Å². The van der Waals surface area contributed by atoms with E-state index in [1.54, 1.807) is 6.07 Å². The highest BCUT2D eigenvalue weighted by atomic mass is 127. The third kappa shape index (κ3) is 6.33. The highest BCUT2D eigenvalue weighted by Crippen LogP contribution is 2.39. The van der Waals surface area contributed by atoms with E-state index in [2.05, 4.69) is 30.6 Å². The second-order valence-electron chi connectivity index (χ2n) is 6.96. The number of benzene rings is 1. The Labute approximate surface area is 206 Å². The maximum absolute atomic E-state index is 12.8. The Kier molecular flexibility index (Phi) is 8.86. The summed E-state index contributed by atoms with van der Waals surface area (Å²) in [5, 5.41) is 14.8. The number of rotatable bonds is 9. The van der Waals surface area contributed by atoms with Gasteiger partial charge in [-0.1, -0.05) is 6.07 Å². The number of nitrogens with zero attached hydrogens (tertiary/aromatic N) is 4. The van der Waals surface area contributed by atoms with Gasteiger partial charge in [-0.15, -0.1) is 34.2 Å². The second kappa shape index (κ2) is 11.8. The molecular formula is C21H25F2IN6O3. The monoisotopic (exact) mass is 574 g/mol. The zero-order valence-corrected chi connectivity index (χ0v) is 20.3. The highest BCUT2D eigenvalue weighted by molar-refractivity contribution is 14.0. The standard InChI is InChI=1S/C21H24F2N6O3.HI/c1-2-24-21(25-8-5-7-19-28-27-18-6-3-4-9-29(18)19)26-12-14-10-16-17(31-13-30-16)11-15(14)32-20(22)23;/h3-4,6,9-11,20H,2,5,7-8,12-13H2,1H3,(H2,24,25,26);1H. The topological polar surface area (TPSA) is 94.3 Å². The number of guanidine groups is 1. The molecule has 178 valence electrons. The molecule has 2 aromatic heterocycles. The zero-order valence-electron chi connectivity index (χ0n) is 18.0. The quantitative estimate of drug-likeness (QED) is 0.175. The fraction of sp³-hybridized carbons (Fsp3) is 0.381. The predicted octanol–water partition coefficient (Wildman–Crippen LogP) is 3.37. The molecule has 0 radical (unpaired) electrons. The molecule has 0 saturated carbocycles. The molecule has 0 unspecified atom stereocenters. The first-order valence-electron chi connectivity index (χ1n) is 10.3. The first-order chi connectivity index (χ1) is 15.6. The van der Waals surface area contributed by atoms with Gasteiger partial charge in [-0.05, 0) is 31.5 Å². The van der Waals surface area contributed by atoms with Crippen molar-refractivity contribution in [2.75, 3.05) is 19.9 Å². The van der Waals surface area contributed by atoms with Gasteiger partial charge >= 0.3 is 6.61 Å². The number of halogens is 3. The van der Waals surface area contributed by atoms with Crippen molar-refractivity contribution in [2.45, 2.75) is 32.9 Å². The normalized spacial score (nSPS) is 12.7. The van der Waals surface area contributed by atoms with E-state index < -0.39 is 6.61 Å². The third-order valence-electron chi connectivity index (χ3n) is 4.78. The molecule has 0 atom stereocenters. The van der Waals surface area contributed by atoms with E-state index in [1.807, 2.05) is 35.7 Å². The van der Waals surface area contributed by atoms with Crippen molar-refractivity contribution in [2.24, 2.45) is 4.99 Å². The molecule has 0 saturated heterocycles. The molecule has 0 aliphatic carbocycles. The van der Waals surface area contributed by atoms with Crippen LogP contribution in [0.25, 0.3) is 5.65 Å². The van der Waals surface area contributed by atoms with Crippen LogP contribution in [0.5, 0.6) is 17.2 Å². The molecule has 3 aromatic rings. The predicted molar refractivity (Wildman–Crippen MR) is 129 cm³/mol. The minimum Gasteiger partial charge on any atom is -0.454 e. The Bertz CT molecular complexity index is 1100. The Balaban J connectivity index is 0.00000306. The van der Waals surface area contributed by atoms with Gasteiger partial charge in [0.1, 0.15) is 11.6 Å². The van der Waals surface area contributed by atoms with E-state index in [4.69, 9.17) is 9.47 Å². The van der Waals surface area contributed by atoms with Gasteiger partial charge in [0.25, 0.3) is 0 Å². The number of ether oxygens (including phenoxy) is 3. The average molecular weight is 574 g/mol. The van der Waals surface area contributed by atoms with Gasteiger partial charge in [0.15, 0.2) is 23.1 Å². The van der Waals surface area contributed by atoms with Crippen molar-refractivity contribution >= 4 is 35.6 Å². The van der Waals surface area contributed by atoms with Crippen LogP contribution in [0.3, 0.4) is 0 Å². The lowest BCUT2D eigenvalue weighted by Gasteiger charge is -2.13. The highest BCUT2D eigenvalue weighted by Gasteiger charge is 2.20. The van der Waals surface area contributed by atoms with Crippen LogP contribution in [0.1, 0.15) is 24.7 Å². The maximum atomic E-state index is 12.8. The van der Waals surface area contributed by atoms with Gasteiger partial charge in [0.05, 0.1) is 6.54 Å². The van der Waals surface area contributed by atoms with E-state index in [1.165, 1.54) is 6.07 Å². The number of hydrogen-bond donors (Lipinski definition) is 2. The molecule has 0 amide bonds. The van der Waals surface area contributed by atoms with Crippen LogP contribution in [0.2, 0.25) is 0 Å². The summed E-state index contributed by atoms with van der Waals surface area (Å²) in [7, 11) is 0. The summed E-state index contributed by atoms with van der Waals surface area (Å²) < 4.78 is 42.8. The zero-order chi connectivity index (χ0) is 22.3. The molecule has 1 aromatic carbocycles. The van der Waals surface area contributed by atoms with E-state index in [9.17, 15) is 8.78 Å². The molecule has 1 aliphatic heterocycles. The Morgan fingerprint density at radius 2 is 2.03 bits per heavy atom. The van der Waals surface area contributed by atoms with Crippen molar-refractivity contribution < 1.29 is 23.0 Å². The van der Waals surface area contributed by atoms with Crippen molar-refractivity contribution in [1.29, 1.82) is 0 Å².